The van der Waals surface area contributed by atoms with E-state index in [2.05, 4.69) is 15.3 Å². The maximum Gasteiger partial charge on any atom is 0.251 e. The molecule has 0 atom stereocenters. The summed E-state index contributed by atoms with van der Waals surface area (Å²) in [5.74, 6) is -0.0475. The Labute approximate surface area is 116 Å². The van der Waals surface area contributed by atoms with E-state index >= 15 is 0 Å². The first-order valence-corrected chi connectivity index (χ1v) is 6.60. The Kier molecular flexibility index (Phi) is 3.21. The average Bonchev–Trinajstić information content (AvgIpc) is 2.96. The van der Waals surface area contributed by atoms with Gasteiger partial charge in [0.1, 0.15) is 5.65 Å². The molecule has 1 aromatic carbocycles. The van der Waals surface area contributed by atoms with E-state index in [-0.39, 0.29) is 5.91 Å². The lowest BCUT2D eigenvalue weighted by molar-refractivity contribution is 0.0956. The number of H-pyrrole nitrogens is 1. The monoisotopic (exact) mass is 265 g/mol. The summed E-state index contributed by atoms with van der Waals surface area (Å²) in [4.78, 5) is 19.3. The molecule has 0 aliphatic rings. The van der Waals surface area contributed by atoms with Crippen LogP contribution in [-0.2, 0) is 0 Å². The Bertz CT molecular complexity index is 761. The fourth-order valence-electron chi connectivity index (χ4n) is 2.30. The van der Waals surface area contributed by atoms with Crippen LogP contribution in [0.3, 0.4) is 0 Å². The smallest absolute Gasteiger partial charge is 0.251 e. The second-order valence-corrected chi connectivity index (χ2v) is 4.54. The standard InChI is InChI=1S/C16H15N3O/c1-2-17-16(20)12-5-3-4-11(10-12)13-6-8-18-15-14(13)7-9-19-15/h3-10H,2H2,1H3,(H,17,20)(H,18,19). The third kappa shape index (κ3) is 2.16. The van der Waals surface area contributed by atoms with Gasteiger partial charge in [-0.3, -0.25) is 4.79 Å². The van der Waals surface area contributed by atoms with Crippen LogP contribution in [0.15, 0.2) is 48.8 Å². The number of pyridine rings is 1. The lowest BCUT2D eigenvalue weighted by Crippen LogP contribution is -2.22. The molecule has 20 heavy (non-hydrogen) atoms. The molecular formula is C16H15N3O. The molecule has 100 valence electrons. The quantitative estimate of drug-likeness (QED) is 0.765. The Morgan fingerprint density at radius 1 is 1.30 bits per heavy atom. The molecule has 4 nitrogen and oxygen atoms in total. The Hall–Kier alpha value is -2.62. The number of carbonyl (C=O) groups excluding carboxylic acids is 1. The van der Waals surface area contributed by atoms with Crippen molar-refractivity contribution in [2.45, 2.75) is 6.92 Å². The molecule has 4 heteroatoms. The number of nitrogens with zero attached hydrogens (tertiary/aromatic N) is 1. The molecule has 2 aromatic heterocycles. The van der Waals surface area contributed by atoms with Crippen molar-refractivity contribution < 1.29 is 4.79 Å². The number of fused-ring (bicyclic) bond motifs is 1. The summed E-state index contributed by atoms with van der Waals surface area (Å²) in [5.41, 5.74) is 3.61. The van der Waals surface area contributed by atoms with E-state index in [9.17, 15) is 4.79 Å². The van der Waals surface area contributed by atoms with Gasteiger partial charge in [0, 0.05) is 29.9 Å². The van der Waals surface area contributed by atoms with E-state index < -0.39 is 0 Å². The van der Waals surface area contributed by atoms with Crippen LogP contribution in [0.5, 0.6) is 0 Å². The lowest BCUT2D eigenvalue weighted by atomic mass is 10.0. The molecule has 1 amide bonds. The van der Waals surface area contributed by atoms with E-state index in [1.165, 1.54) is 0 Å². The maximum absolute atomic E-state index is 11.9. The van der Waals surface area contributed by atoms with Gasteiger partial charge in [-0.25, -0.2) is 4.98 Å². The largest absolute Gasteiger partial charge is 0.352 e. The summed E-state index contributed by atoms with van der Waals surface area (Å²) in [7, 11) is 0. The van der Waals surface area contributed by atoms with E-state index in [4.69, 9.17) is 0 Å². The molecule has 0 aliphatic carbocycles. The third-order valence-electron chi connectivity index (χ3n) is 3.23. The number of benzene rings is 1. The van der Waals surface area contributed by atoms with Crippen molar-refractivity contribution in [1.29, 1.82) is 0 Å². The predicted molar refractivity (Wildman–Crippen MR) is 79.5 cm³/mol. The van der Waals surface area contributed by atoms with Gasteiger partial charge in [-0.1, -0.05) is 12.1 Å². The van der Waals surface area contributed by atoms with Gasteiger partial charge >= 0.3 is 0 Å². The van der Waals surface area contributed by atoms with Crippen LogP contribution < -0.4 is 5.32 Å². The molecule has 2 N–H and O–H groups in total. The minimum absolute atomic E-state index is 0.0475. The van der Waals surface area contributed by atoms with Gasteiger partial charge in [-0.05, 0) is 42.3 Å². The van der Waals surface area contributed by atoms with Crippen molar-refractivity contribution in [3.63, 3.8) is 0 Å². The molecule has 0 radical (unpaired) electrons. The van der Waals surface area contributed by atoms with Crippen LogP contribution in [-0.4, -0.2) is 22.4 Å². The van der Waals surface area contributed by atoms with Gasteiger partial charge in [0.25, 0.3) is 5.91 Å². The van der Waals surface area contributed by atoms with Crippen molar-refractivity contribution in [1.82, 2.24) is 15.3 Å². The van der Waals surface area contributed by atoms with Crippen LogP contribution >= 0.6 is 0 Å². The molecule has 0 unspecified atom stereocenters. The maximum atomic E-state index is 11.9. The topological polar surface area (TPSA) is 57.8 Å². The highest BCUT2D eigenvalue weighted by molar-refractivity contribution is 5.98. The lowest BCUT2D eigenvalue weighted by Gasteiger charge is -2.06. The third-order valence-corrected chi connectivity index (χ3v) is 3.23. The van der Waals surface area contributed by atoms with E-state index in [0.717, 1.165) is 22.2 Å². The summed E-state index contributed by atoms with van der Waals surface area (Å²) in [5, 5.41) is 3.87. The number of amides is 1. The summed E-state index contributed by atoms with van der Waals surface area (Å²) in [6.45, 7) is 2.54. The van der Waals surface area contributed by atoms with Crippen molar-refractivity contribution in [3.05, 3.63) is 54.4 Å². The number of aromatic amines is 1. The summed E-state index contributed by atoms with van der Waals surface area (Å²) in [6, 6.07) is 11.6. The van der Waals surface area contributed by atoms with Crippen molar-refractivity contribution >= 4 is 16.9 Å². The highest BCUT2D eigenvalue weighted by Crippen LogP contribution is 2.27. The van der Waals surface area contributed by atoms with E-state index in [1.54, 1.807) is 6.20 Å². The SMILES string of the molecule is CCNC(=O)c1cccc(-c2ccnc3[nH]ccc23)c1. The number of carbonyl (C=O) groups is 1. The average molecular weight is 265 g/mol. The van der Waals surface area contributed by atoms with Crippen LogP contribution in [0.2, 0.25) is 0 Å². The molecule has 3 rings (SSSR count). The fraction of sp³-hybridized carbons (Fsp3) is 0.125. The highest BCUT2D eigenvalue weighted by Gasteiger charge is 2.08. The zero-order valence-electron chi connectivity index (χ0n) is 11.2. The first-order chi connectivity index (χ1) is 9.79. The highest BCUT2D eigenvalue weighted by atomic mass is 16.1. The predicted octanol–water partition coefficient (Wildman–Crippen LogP) is 2.98. The number of rotatable bonds is 3. The number of nitrogens with one attached hydrogen (secondary N) is 2. The first-order valence-electron chi connectivity index (χ1n) is 6.60. The number of aromatic nitrogens is 2. The van der Waals surface area contributed by atoms with Gasteiger partial charge < -0.3 is 10.3 Å². The Morgan fingerprint density at radius 3 is 3.05 bits per heavy atom. The molecule has 3 aromatic rings. The van der Waals surface area contributed by atoms with Crippen molar-refractivity contribution in [2.24, 2.45) is 0 Å². The molecule has 2 heterocycles. The molecule has 0 saturated heterocycles. The summed E-state index contributed by atoms with van der Waals surface area (Å²) < 4.78 is 0. The first kappa shape index (κ1) is 12.4. The molecule has 0 bridgehead atoms. The van der Waals surface area contributed by atoms with Crippen molar-refractivity contribution in [3.8, 4) is 11.1 Å². The van der Waals surface area contributed by atoms with Crippen LogP contribution in [0.1, 0.15) is 17.3 Å². The molecule has 0 spiro atoms. The minimum atomic E-state index is -0.0475. The van der Waals surface area contributed by atoms with Gasteiger partial charge in [-0.15, -0.1) is 0 Å². The van der Waals surface area contributed by atoms with Crippen LogP contribution in [0.4, 0.5) is 0 Å². The summed E-state index contributed by atoms with van der Waals surface area (Å²) >= 11 is 0. The van der Waals surface area contributed by atoms with Gasteiger partial charge in [0.15, 0.2) is 0 Å². The van der Waals surface area contributed by atoms with Crippen LogP contribution in [0, 0.1) is 0 Å². The van der Waals surface area contributed by atoms with Crippen molar-refractivity contribution in [2.75, 3.05) is 6.54 Å². The molecule has 0 saturated carbocycles. The second-order valence-electron chi connectivity index (χ2n) is 4.54. The normalized spacial score (nSPS) is 10.7. The van der Waals surface area contributed by atoms with Crippen LogP contribution in [0.25, 0.3) is 22.2 Å². The van der Waals surface area contributed by atoms with Gasteiger partial charge in [-0.2, -0.15) is 0 Å². The molecular weight excluding hydrogens is 250 g/mol. The Morgan fingerprint density at radius 2 is 2.20 bits per heavy atom. The minimum Gasteiger partial charge on any atom is -0.352 e. The Balaban J connectivity index is 2.08. The molecule has 0 fully saturated rings. The van der Waals surface area contributed by atoms with Gasteiger partial charge in [0.2, 0.25) is 0 Å². The number of hydrogen-bond donors (Lipinski definition) is 2. The molecule has 0 aliphatic heterocycles. The number of hydrogen-bond acceptors (Lipinski definition) is 2. The van der Waals surface area contributed by atoms with E-state index in [0.29, 0.717) is 12.1 Å². The van der Waals surface area contributed by atoms with Gasteiger partial charge in [0.05, 0.1) is 0 Å². The zero-order chi connectivity index (χ0) is 13.9. The van der Waals surface area contributed by atoms with E-state index in [1.807, 2.05) is 49.5 Å². The fourth-order valence-corrected chi connectivity index (χ4v) is 2.30. The zero-order valence-corrected chi connectivity index (χ0v) is 11.2. The summed E-state index contributed by atoms with van der Waals surface area (Å²) in [6.07, 6.45) is 3.64. The second kappa shape index (κ2) is 5.17.